The molecule has 9 nitrogen and oxygen atoms in total. The first-order chi connectivity index (χ1) is 16.7. The lowest BCUT2D eigenvalue weighted by molar-refractivity contribution is -0.129. The Morgan fingerprint density at radius 3 is 1.80 bits per heavy atom. The summed E-state index contributed by atoms with van der Waals surface area (Å²) >= 11 is 0. The molecule has 0 bridgehead atoms. The molecule has 0 aliphatic heterocycles. The van der Waals surface area contributed by atoms with E-state index in [2.05, 4.69) is 21.3 Å². The summed E-state index contributed by atoms with van der Waals surface area (Å²) < 4.78 is 0. The molecule has 0 aromatic rings. The second kappa shape index (κ2) is 20.9. The molecule has 202 valence electrons. The molecule has 0 heterocycles. The highest BCUT2D eigenvalue weighted by molar-refractivity contribution is 5.86. The molecule has 0 spiro atoms. The summed E-state index contributed by atoms with van der Waals surface area (Å²) in [6, 6.07) is 0.157. The lowest BCUT2D eigenvalue weighted by atomic mass is 9.93. The van der Waals surface area contributed by atoms with E-state index in [0.29, 0.717) is 51.5 Å². The van der Waals surface area contributed by atoms with E-state index in [9.17, 15) is 24.0 Å². The van der Waals surface area contributed by atoms with E-state index in [1.807, 2.05) is 13.8 Å². The summed E-state index contributed by atoms with van der Waals surface area (Å²) in [7, 11) is 3.18. The Morgan fingerprint density at radius 1 is 0.629 bits per heavy atom. The molecule has 1 atom stereocenters. The fourth-order valence-electron chi connectivity index (χ4n) is 3.79. The van der Waals surface area contributed by atoms with Gasteiger partial charge < -0.3 is 21.3 Å². The minimum Gasteiger partial charge on any atom is -0.359 e. The number of Topliss-reactive ketones (excluding diaryl/α,β-unsaturated/α-hetero) is 1. The molecule has 0 fully saturated rings. The largest absolute Gasteiger partial charge is 0.359 e. The molecule has 35 heavy (non-hydrogen) atoms. The van der Waals surface area contributed by atoms with Gasteiger partial charge in [-0.3, -0.25) is 24.0 Å². The van der Waals surface area contributed by atoms with E-state index < -0.39 is 0 Å². The second-order valence-electron chi connectivity index (χ2n) is 9.42. The number of carbonyl (C=O) groups is 5. The lowest BCUT2D eigenvalue weighted by Crippen LogP contribution is -2.29. The minimum absolute atomic E-state index is 0.0162. The van der Waals surface area contributed by atoms with Crippen molar-refractivity contribution in [2.75, 3.05) is 20.6 Å². The number of hydrogen-bond acceptors (Lipinski definition) is 5. The molecule has 0 aromatic carbocycles. The van der Waals surface area contributed by atoms with Crippen LogP contribution in [0.4, 0.5) is 0 Å². The first kappa shape index (κ1) is 32.5. The number of ketones is 1. The first-order valence-electron chi connectivity index (χ1n) is 13.2. The van der Waals surface area contributed by atoms with Gasteiger partial charge in [0.25, 0.3) is 0 Å². The Labute approximate surface area is 211 Å². The van der Waals surface area contributed by atoms with Crippen LogP contribution in [0.25, 0.3) is 0 Å². The summed E-state index contributed by atoms with van der Waals surface area (Å²) in [4.78, 5) is 59.2. The number of unbranched alkanes of at least 4 members (excludes halogenated alkanes) is 5. The molecule has 0 saturated carbocycles. The van der Waals surface area contributed by atoms with Crippen LogP contribution in [-0.2, 0) is 24.0 Å². The maximum Gasteiger partial charge on any atom is 0.223 e. The molecule has 0 unspecified atom stereocenters. The fourth-order valence-corrected chi connectivity index (χ4v) is 3.79. The number of hydrogen-bond donors (Lipinski definition) is 4. The number of amides is 4. The van der Waals surface area contributed by atoms with Gasteiger partial charge in [-0.1, -0.05) is 19.3 Å². The molecule has 0 aliphatic rings. The molecule has 9 heteroatoms. The van der Waals surface area contributed by atoms with Gasteiger partial charge in [0, 0.05) is 64.7 Å². The summed E-state index contributed by atoms with van der Waals surface area (Å²) in [6.07, 6.45) is 8.93. The van der Waals surface area contributed by atoms with E-state index in [0.717, 1.165) is 38.5 Å². The zero-order valence-electron chi connectivity index (χ0n) is 22.3. The van der Waals surface area contributed by atoms with Crippen molar-refractivity contribution in [1.82, 2.24) is 21.3 Å². The van der Waals surface area contributed by atoms with Crippen LogP contribution in [0.1, 0.15) is 104 Å². The van der Waals surface area contributed by atoms with Gasteiger partial charge in [-0.15, -0.1) is 0 Å². The van der Waals surface area contributed by atoms with Gasteiger partial charge in [0.2, 0.25) is 23.6 Å². The standard InChI is InChI=1S/C26H48N4O5/c1-20(2)30-25(34)17-8-6-5-7-14-22(31)19-21(26(35)28-4)13-11-12-18-29-24(33)16-10-9-15-23(32)27-3/h20-21H,5-19H2,1-4H3,(H,27,32)(H,28,35)(H,29,33)(H,30,34)/t21-/m1/s1. The molecule has 4 amide bonds. The summed E-state index contributed by atoms with van der Waals surface area (Å²) in [5.74, 6) is -0.330. The van der Waals surface area contributed by atoms with E-state index in [1.54, 1.807) is 14.1 Å². The van der Waals surface area contributed by atoms with Crippen LogP contribution in [0.15, 0.2) is 0 Å². The van der Waals surface area contributed by atoms with E-state index in [-0.39, 0.29) is 47.8 Å². The van der Waals surface area contributed by atoms with Crippen molar-refractivity contribution in [2.24, 2.45) is 5.92 Å². The maximum atomic E-state index is 12.4. The third-order valence-corrected chi connectivity index (χ3v) is 5.79. The van der Waals surface area contributed by atoms with Crippen molar-refractivity contribution in [3.63, 3.8) is 0 Å². The van der Waals surface area contributed by atoms with E-state index in [4.69, 9.17) is 0 Å². The summed E-state index contributed by atoms with van der Waals surface area (Å²) in [6.45, 7) is 4.42. The molecule has 0 rings (SSSR count). The molecular weight excluding hydrogens is 448 g/mol. The number of carbonyl (C=O) groups excluding carboxylic acids is 5. The first-order valence-corrected chi connectivity index (χ1v) is 13.2. The average Bonchev–Trinajstić information content (AvgIpc) is 2.81. The third kappa shape index (κ3) is 19.5. The summed E-state index contributed by atoms with van der Waals surface area (Å²) in [5, 5.41) is 11.0. The highest BCUT2D eigenvalue weighted by Gasteiger charge is 2.20. The lowest BCUT2D eigenvalue weighted by Gasteiger charge is -2.15. The molecule has 0 aromatic heterocycles. The van der Waals surface area contributed by atoms with Crippen molar-refractivity contribution < 1.29 is 24.0 Å². The summed E-state index contributed by atoms with van der Waals surface area (Å²) in [5.41, 5.74) is 0. The van der Waals surface area contributed by atoms with Gasteiger partial charge in [-0.25, -0.2) is 0 Å². The smallest absolute Gasteiger partial charge is 0.223 e. The van der Waals surface area contributed by atoms with Gasteiger partial charge in [0.05, 0.1) is 0 Å². The van der Waals surface area contributed by atoms with Crippen LogP contribution in [0.5, 0.6) is 0 Å². The minimum atomic E-state index is -0.340. The molecular formula is C26H48N4O5. The molecule has 0 saturated heterocycles. The van der Waals surface area contributed by atoms with Gasteiger partial charge in [0.15, 0.2) is 0 Å². The van der Waals surface area contributed by atoms with Crippen molar-refractivity contribution in [1.29, 1.82) is 0 Å². The monoisotopic (exact) mass is 496 g/mol. The van der Waals surface area contributed by atoms with Crippen LogP contribution >= 0.6 is 0 Å². The van der Waals surface area contributed by atoms with Crippen molar-refractivity contribution in [3.8, 4) is 0 Å². The highest BCUT2D eigenvalue weighted by Crippen LogP contribution is 2.16. The predicted octanol–water partition coefficient (Wildman–Crippen LogP) is 2.77. The SMILES string of the molecule is CNC(=O)CCCCC(=O)NCCCC[C@H](CC(=O)CCCCCCC(=O)NC(C)C)C(=O)NC. The number of nitrogens with one attached hydrogen (secondary N) is 4. The Kier molecular flexibility index (Phi) is 19.4. The van der Waals surface area contributed by atoms with E-state index in [1.165, 1.54) is 0 Å². The Bertz CT molecular complexity index is 652. The van der Waals surface area contributed by atoms with Gasteiger partial charge in [0.1, 0.15) is 5.78 Å². The zero-order chi connectivity index (χ0) is 26.5. The van der Waals surface area contributed by atoms with Gasteiger partial charge in [-0.2, -0.15) is 0 Å². The average molecular weight is 497 g/mol. The van der Waals surface area contributed by atoms with Crippen molar-refractivity contribution in [2.45, 2.75) is 110 Å². The van der Waals surface area contributed by atoms with Crippen LogP contribution < -0.4 is 21.3 Å². The maximum absolute atomic E-state index is 12.4. The second-order valence-corrected chi connectivity index (χ2v) is 9.42. The van der Waals surface area contributed by atoms with Crippen LogP contribution in [-0.4, -0.2) is 56.1 Å². The third-order valence-electron chi connectivity index (χ3n) is 5.79. The Balaban J connectivity index is 3.99. The van der Waals surface area contributed by atoms with Crippen LogP contribution in [0, 0.1) is 5.92 Å². The fraction of sp³-hybridized carbons (Fsp3) is 0.808. The zero-order valence-corrected chi connectivity index (χ0v) is 22.3. The van der Waals surface area contributed by atoms with E-state index >= 15 is 0 Å². The van der Waals surface area contributed by atoms with Gasteiger partial charge in [-0.05, 0) is 52.4 Å². The molecule has 0 radical (unpaired) electrons. The predicted molar refractivity (Wildman–Crippen MR) is 138 cm³/mol. The quantitative estimate of drug-likeness (QED) is 0.181. The van der Waals surface area contributed by atoms with Crippen LogP contribution in [0.3, 0.4) is 0 Å². The Morgan fingerprint density at radius 2 is 1.20 bits per heavy atom. The van der Waals surface area contributed by atoms with Crippen LogP contribution in [0.2, 0.25) is 0 Å². The highest BCUT2D eigenvalue weighted by atomic mass is 16.2. The molecule has 4 N–H and O–H groups in total. The van der Waals surface area contributed by atoms with Crippen molar-refractivity contribution in [3.05, 3.63) is 0 Å². The topological polar surface area (TPSA) is 133 Å². The normalized spacial score (nSPS) is 11.6. The van der Waals surface area contributed by atoms with Gasteiger partial charge >= 0.3 is 0 Å². The Hall–Kier alpha value is -2.45. The van der Waals surface area contributed by atoms with Crippen molar-refractivity contribution >= 4 is 29.4 Å². The number of rotatable bonds is 21. The molecule has 0 aliphatic carbocycles.